The molecule has 5 heteroatoms. The standard InChI is InChI=1S/C29H34N2O3/c1-21-11-13-23(14-12-21)29(32)31(26-9-5-7-22(2)19-26)25-15-17-30(18-16-25)20-24-8-6-10-27(33-3)28(24)34-4/h5-14,19,25H,15-18,20H2,1-4H3. The highest BCUT2D eigenvalue weighted by Gasteiger charge is 2.30. The first kappa shape index (κ1) is 23.8. The summed E-state index contributed by atoms with van der Waals surface area (Å²) in [6.07, 6.45) is 1.83. The maximum absolute atomic E-state index is 13.7. The highest BCUT2D eigenvalue weighted by atomic mass is 16.5. The third-order valence-corrected chi connectivity index (χ3v) is 6.60. The van der Waals surface area contributed by atoms with Crippen molar-refractivity contribution in [3.8, 4) is 11.5 Å². The molecule has 1 aliphatic heterocycles. The first-order valence-corrected chi connectivity index (χ1v) is 11.9. The van der Waals surface area contributed by atoms with Crippen molar-refractivity contribution in [2.75, 3.05) is 32.2 Å². The molecule has 3 aromatic rings. The summed E-state index contributed by atoms with van der Waals surface area (Å²) in [4.78, 5) is 18.1. The second-order valence-corrected chi connectivity index (χ2v) is 9.04. The SMILES string of the molecule is COc1cccc(CN2CCC(N(C(=O)c3ccc(C)cc3)c3cccc(C)c3)CC2)c1OC. The second-order valence-electron chi connectivity index (χ2n) is 9.04. The molecular formula is C29H34N2O3. The van der Waals surface area contributed by atoms with Gasteiger partial charge in [0.05, 0.1) is 14.2 Å². The van der Waals surface area contributed by atoms with Crippen molar-refractivity contribution in [3.63, 3.8) is 0 Å². The molecule has 5 nitrogen and oxygen atoms in total. The predicted molar refractivity (Wildman–Crippen MR) is 137 cm³/mol. The first-order chi connectivity index (χ1) is 16.5. The number of carbonyl (C=O) groups is 1. The molecule has 0 atom stereocenters. The van der Waals surface area contributed by atoms with Crippen molar-refractivity contribution in [2.45, 2.75) is 39.3 Å². The lowest BCUT2D eigenvalue weighted by molar-refractivity contribution is 0.0958. The van der Waals surface area contributed by atoms with Crippen LogP contribution in [0.1, 0.15) is 39.9 Å². The lowest BCUT2D eigenvalue weighted by Gasteiger charge is -2.39. The maximum Gasteiger partial charge on any atom is 0.258 e. The van der Waals surface area contributed by atoms with Crippen molar-refractivity contribution in [1.82, 2.24) is 4.90 Å². The van der Waals surface area contributed by atoms with E-state index >= 15 is 0 Å². The van der Waals surface area contributed by atoms with Gasteiger partial charge in [0.1, 0.15) is 0 Å². The van der Waals surface area contributed by atoms with Crippen molar-refractivity contribution >= 4 is 11.6 Å². The topological polar surface area (TPSA) is 42.0 Å². The van der Waals surface area contributed by atoms with E-state index < -0.39 is 0 Å². The highest BCUT2D eigenvalue weighted by molar-refractivity contribution is 6.06. The summed E-state index contributed by atoms with van der Waals surface area (Å²) in [6, 6.07) is 22.3. The Morgan fingerprint density at radius 1 is 0.912 bits per heavy atom. The van der Waals surface area contributed by atoms with E-state index in [9.17, 15) is 4.79 Å². The average molecular weight is 459 g/mol. The number of amides is 1. The van der Waals surface area contributed by atoms with E-state index in [1.54, 1.807) is 14.2 Å². The van der Waals surface area contributed by atoms with Crippen molar-refractivity contribution in [2.24, 2.45) is 0 Å². The van der Waals surface area contributed by atoms with Gasteiger partial charge in [0.25, 0.3) is 5.91 Å². The summed E-state index contributed by atoms with van der Waals surface area (Å²) in [7, 11) is 3.35. The van der Waals surface area contributed by atoms with Crippen LogP contribution < -0.4 is 14.4 Å². The van der Waals surface area contributed by atoms with E-state index in [0.29, 0.717) is 0 Å². The van der Waals surface area contributed by atoms with E-state index in [1.807, 2.05) is 60.4 Å². The molecule has 1 aliphatic rings. The zero-order valence-corrected chi connectivity index (χ0v) is 20.6. The molecule has 4 rings (SSSR count). The zero-order chi connectivity index (χ0) is 24.1. The number of piperidine rings is 1. The molecule has 178 valence electrons. The number of benzene rings is 3. The minimum absolute atomic E-state index is 0.0681. The van der Waals surface area contributed by atoms with E-state index in [2.05, 4.69) is 30.0 Å². The van der Waals surface area contributed by atoms with Crippen molar-refractivity contribution in [1.29, 1.82) is 0 Å². The van der Waals surface area contributed by atoms with Crippen LogP contribution in [0.2, 0.25) is 0 Å². The number of nitrogens with zero attached hydrogens (tertiary/aromatic N) is 2. The van der Waals surface area contributed by atoms with Crippen molar-refractivity contribution < 1.29 is 14.3 Å². The molecule has 1 fully saturated rings. The number of rotatable bonds is 7. The number of methoxy groups -OCH3 is 2. The van der Waals surface area contributed by atoms with Gasteiger partial charge in [-0.1, -0.05) is 42.0 Å². The Morgan fingerprint density at radius 2 is 1.62 bits per heavy atom. The lowest BCUT2D eigenvalue weighted by atomic mass is 9.99. The smallest absolute Gasteiger partial charge is 0.258 e. The van der Waals surface area contributed by atoms with E-state index in [4.69, 9.17) is 9.47 Å². The van der Waals surface area contributed by atoms with Crippen LogP contribution in [0.25, 0.3) is 0 Å². The Hall–Kier alpha value is -3.31. The van der Waals surface area contributed by atoms with E-state index in [-0.39, 0.29) is 11.9 Å². The van der Waals surface area contributed by atoms with Crippen LogP contribution in [0.15, 0.2) is 66.7 Å². The molecule has 0 radical (unpaired) electrons. The molecule has 0 spiro atoms. The Bertz CT molecular complexity index is 1120. The van der Waals surface area contributed by atoms with Crippen LogP contribution in [-0.4, -0.2) is 44.2 Å². The third kappa shape index (κ3) is 5.26. The summed E-state index contributed by atoms with van der Waals surface area (Å²) in [5, 5.41) is 0. The van der Waals surface area contributed by atoms with Gasteiger partial charge in [-0.25, -0.2) is 0 Å². The van der Waals surface area contributed by atoms with E-state index in [1.165, 1.54) is 0 Å². The summed E-state index contributed by atoms with van der Waals surface area (Å²) < 4.78 is 11.1. The Kier molecular flexibility index (Phi) is 7.53. The van der Waals surface area contributed by atoms with Crippen LogP contribution >= 0.6 is 0 Å². The molecule has 0 aromatic heterocycles. The Labute approximate surface area is 202 Å². The number of carbonyl (C=O) groups excluding carboxylic acids is 1. The predicted octanol–water partition coefficient (Wildman–Crippen LogP) is 5.63. The van der Waals surface area contributed by atoms with Gasteiger partial charge in [-0.05, 0) is 62.6 Å². The van der Waals surface area contributed by atoms with Crippen LogP contribution in [0.4, 0.5) is 5.69 Å². The first-order valence-electron chi connectivity index (χ1n) is 11.9. The number of likely N-dealkylation sites (tertiary alicyclic amines) is 1. The molecule has 0 unspecified atom stereocenters. The van der Waals surface area contributed by atoms with Gasteiger partial charge < -0.3 is 14.4 Å². The van der Waals surface area contributed by atoms with Gasteiger partial charge in [-0.3, -0.25) is 9.69 Å². The number of para-hydroxylation sites is 1. The molecular weight excluding hydrogens is 424 g/mol. The van der Waals surface area contributed by atoms with Gasteiger partial charge in [-0.15, -0.1) is 0 Å². The second kappa shape index (κ2) is 10.7. The fourth-order valence-corrected chi connectivity index (χ4v) is 4.76. The van der Waals surface area contributed by atoms with Gasteiger partial charge in [0.2, 0.25) is 0 Å². The summed E-state index contributed by atoms with van der Waals surface area (Å²) in [5.74, 6) is 1.62. The molecule has 1 saturated heterocycles. The number of anilines is 1. The molecule has 34 heavy (non-hydrogen) atoms. The zero-order valence-electron chi connectivity index (χ0n) is 20.6. The maximum atomic E-state index is 13.7. The number of aryl methyl sites for hydroxylation is 2. The van der Waals surface area contributed by atoms with Gasteiger partial charge in [0, 0.05) is 42.5 Å². The minimum Gasteiger partial charge on any atom is -0.493 e. The molecule has 0 saturated carbocycles. The molecule has 0 N–H and O–H groups in total. The molecule has 3 aromatic carbocycles. The van der Waals surface area contributed by atoms with Crippen molar-refractivity contribution in [3.05, 3.63) is 89.0 Å². The normalized spacial score (nSPS) is 14.6. The summed E-state index contributed by atoms with van der Waals surface area (Å²) in [6.45, 7) is 6.73. The Morgan fingerprint density at radius 3 is 2.26 bits per heavy atom. The molecule has 1 amide bonds. The third-order valence-electron chi connectivity index (χ3n) is 6.60. The van der Waals surface area contributed by atoms with Gasteiger partial charge in [0.15, 0.2) is 11.5 Å². The minimum atomic E-state index is 0.0681. The van der Waals surface area contributed by atoms with Crippen LogP contribution in [0.5, 0.6) is 11.5 Å². The van der Waals surface area contributed by atoms with Crippen LogP contribution in [-0.2, 0) is 6.54 Å². The largest absolute Gasteiger partial charge is 0.493 e. The average Bonchev–Trinajstić information content (AvgIpc) is 2.85. The fraction of sp³-hybridized carbons (Fsp3) is 0.345. The molecule has 0 bridgehead atoms. The quantitative estimate of drug-likeness (QED) is 0.460. The van der Waals surface area contributed by atoms with Crippen LogP contribution in [0.3, 0.4) is 0 Å². The monoisotopic (exact) mass is 458 g/mol. The molecule has 1 heterocycles. The van der Waals surface area contributed by atoms with Crippen LogP contribution in [0, 0.1) is 13.8 Å². The number of hydrogen-bond acceptors (Lipinski definition) is 4. The lowest BCUT2D eigenvalue weighted by Crippen LogP contribution is -2.47. The summed E-state index contributed by atoms with van der Waals surface area (Å²) >= 11 is 0. The Balaban J connectivity index is 1.52. The summed E-state index contributed by atoms with van der Waals surface area (Å²) in [5.41, 5.74) is 5.13. The van der Waals surface area contributed by atoms with Gasteiger partial charge >= 0.3 is 0 Å². The van der Waals surface area contributed by atoms with E-state index in [0.717, 1.165) is 71.9 Å². The molecule has 0 aliphatic carbocycles. The van der Waals surface area contributed by atoms with Gasteiger partial charge in [-0.2, -0.15) is 0 Å². The number of hydrogen-bond donors (Lipinski definition) is 0. The highest BCUT2D eigenvalue weighted by Crippen LogP contribution is 2.33. The fourth-order valence-electron chi connectivity index (χ4n) is 4.76. The number of ether oxygens (including phenoxy) is 2.